The molecule has 142 valence electrons. The van der Waals surface area contributed by atoms with Crippen LogP contribution in [0.2, 0.25) is 0 Å². The van der Waals surface area contributed by atoms with Crippen LogP contribution in [0.4, 0.5) is 5.69 Å². The molecule has 0 atom stereocenters. The maximum atomic E-state index is 11.9. The van der Waals surface area contributed by atoms with Gasteiger partial charge in [-0.1, -0.05) is 0 Å². The van der Waals surface area contributed by atoms with Gasteiger partial charge in [-0.2, -0.15) is 0 Å². The largest absolute Gasteiger partial charge is 0.480 e. The van der Waals surface area contributed by atoms with Gasteiger partial charge in [0.1, 0.15) is 6.54 Å². The van der Waals surface area contributed by atoms with E-state index >= 15 is 0 Å². The van der Waals surface area contributed by atoms with Crippen LogP contribution < -0.4 is 10.0 Å². The fraction of sp³-hybridized carbons (Fsp3) is 0.375. The number of carbonyl (C=O) groups excluding carboxylic acids is 1. The number of carboxylic acids is 1. The van der Waals surface area contributed by atoms with E-state index in [1.54, 1.807) is 35.0 Å². The fourth-order valence-corrected chi connectivity index (χ4v) is 3.40. The second kappa shape index (κ2) is 8.79. The fourth-order valence-electron chi connectivity index (χ4n) is 2.41. The Kier molecular flexibility index (Phi) is 6.72. The number of carboxylic acid groups (broad SMARTS) is 1. The number of methoxy groups -OCH3 is 1. The summed E-state index contributed by atoms with van der Waals surface area (Å²) >= 11 is 0. The highest BCUT2D eigenvalue weighted by Gasteiger charge is 2.13. The van der Waals surface area contributed by atoms with Gasteiger partial charge in [-0.05, 0) is 30.7 Å². The van der Waals surface area contributed by atoms with Gasteiger partial charge in [-0.15, -0.1) is 0 Å². The van der Waals surface area contributed by atoms with Crippen LogP contribution in [0, 0.1) is 0 Å². The Balaban J connectivity index is 1.93. The van der Waals surface area contributed by atoms with Gasteiger partial charge >= 0.3 is 5.97 Å². The second-order valence-corrected chi connectivity index (χ2v) is 7.57. The molecule has 26 heavy (non-hydrogen) atoms. The van der Waals surface area contributed by atoms with Crippen molar-refractivity contribution in [2.45, 2.75) is 13.0 Å². The number of aliphatic carboxylic acids is 1. The van der Waals surface area contributed by atoms with Crippen molar-refractivity contribution in [1.82, 2.24) is 9.29 Å². The van der Waals surface area contributed by atoms with Crippen LogP contribution in [-0.2, 0) is 30.9 Å². The third kappa shape index (κ3) is 5.83. The zero-order valence-electron chi connectivity index (χ0n) is 14.3. The maximum Gasteiger partial charge on any atom is 0.323 e. The second-order valence-electron chi connectivity index (χ2n) is 5.65. The van der Waals surface area contributed by atoms with E-state index < -0.39 is 21.9 Å². The molecule has 1 aromatic carbocycles. The number of amides is 1. The number of benzene rings is 1. The summed E-state index contributed by atoms with van der Waals surface area (Å²) in [6.45, 7) is -0.192. The Hall–Kier alpha value is -2.43. The molecule has 0 aliphatic carbocycles. The first-order chi connectivity index (χ1) is 12.3. The monoisotopic (exact) mass is 383 g/mol. The lowest BCUT2D eigenvalue weighted by molar-refractivity contribution is -0.137. The number of nitrogens with one attached hydrogen (secondary N) is 2. The molecule has 10 heteroatoms. The minimum atomic E-state index is -3.53. The summed E-state index contributed by atoms with van der Waals surface area (Å²) in [7, 11) is -2.05. The Labute approximate surface area is 151 Å². The Bertz CT molecular complexity index is 891. The minimum Gasteiger partial charge on any atom is -0.480 e. The van der Waals surface area contributed by atoms with E-state index in [4.69, 9.17) is 9.84 Å². The van der Waals surface area contributed by atoms with Gasteiger partial charge in [0.05, 0.1) is 12.3 Å². The predicted octanol–water partition coefficient (Wildman–Crippen LogP) is 0.620. The normalized spacial score (nSPS) is 11.6. The van der Waals surface area contributed by atoms with E-state index in [2.05, 4.69) is 10.0 Å². The standard InChI is InChI=1S/C16H21N3O6S/c1-25-7-2-8-26(23,24)17-10-15(20)18-13-3-4-14-12(9-13)5-6-19(14)11-16(21)22/h3-6,9,17H,2,7-8,10-11H2,1H3,(H,18,20)(H,21,22). The molecule has 0 aliphatic heterocycles. The Morgan fingerprint density at radius 1 is 1.27 bits per heavy atom. The summed E-state index contributed by atoms with van der Waals surface area (Å²) in [5.41, 5.74) is 1.22. The van der Waals surface area contributed by atoms with Crippen LogP contribution in [0.3, 0.4) is 0 Å². The SMILES string of the molecule is COCCCS(=O)(=O)NCC(=O)Nc1ccc2c(ccn2CC(=O)O)c1. The minimum absolute atomic E-state index is 0.114. The van der Waals surface area contributed by atoms with Crippen molar-refractivity contribution < 1.29 is 27.9 Å². The first kappa shape index (κ1) is 19.9. The van der Waals surface area contributed by atoms with Crippen LogP contribution in [0.5, 0.6) is 0 Å². The van der Waals surface area contributed by atoms with Crippen molar-refractivity contribution in [2.75, 3.05) is 31.3 Å². The van der Waals surface area contributed by atoms with E-state index in [9.17, 15) is 18.0 Å². The molecular weight excluding hydrogens is 362 g/mol. The first-order valence-corrected chi connectivity index (χ1v) is 9.53. The molecule has 0 spiro atoms. The van der Waals surface area contributed by atoms with E-state index in [0.717, 1.165) is 10.9 Å². The summed E-state index contributed by atoms with van der Waals surface area (Å²) in [4.78, 5) is 22.7. The third-order valence-electron chi connectivity index (χ3n) is 3.57. The summed E-state index contributed by atoms with van der Waals surface area (Å²) in [6.07, 6.45) is 2.00. The summed E-state index contributed by atoms with van der Waals surface area (Å²) in [6, 6.07) is 6.76. The molecule has 1 heterocycles. The number of anilines is 1. The number of nitrogens with zero attached hydrogens (tertiary/aromatic N) is 1. The molecule has 0 fully saturated rings. The highest BCUT2D eigenvalue weighted by Crippen LogP contribution is 2.20. The number of carbonyl (C=O) groups is 2. The Morgan fingerprint density at radius 3 is 2.73 bits per heavy atom. The summed E-state index contributed by atoms with van der Waals surface area (Å²) in [5, 5.41) is 12.2. The van der Waals surface area contributed by atoms with Crippen molar-refractivity contribution in [1.29, 1.82) is 0 Å². The average Bonchev–Trinajstić information content (AvgIpc) is 2.95. The molecule has 0 radical (unpaired) electrons. The lowest BCUT2D eigenvalue weighted by Gasteiger charge is -2.08. The van der Waals surface area contributed by atoms with Gasteiger partial charge in [0, 0.05) is 36.5 Å². The number of ether oxygens (including phenoxy) is 1. The highest BCUT2D eigenvalue weighted by atomic mass is 32.2. The van der Waals surface area contributed by atoms with Crippen molar-refractivity contribution in [3.8, 4) is 0 Å². The van der Waals surface area contributed by atoms with Gasteiger partial charge in [0.15, 0.2) is 0 Å². The lowest BCUT2D eigenvalue weighted by Crippen LogP contribution is -2.34. The van der Waals surface area contributed by atoms with Crippen molar-refractivity contribution in [2.24, 2.45) is 0 Å². The molecule has 0 bridgehead atoms. The number of fused-ring (bicyclic) bond motifs is 1. The van der Waals surface area contributed by atoms with E-state index in [0.29, 0.717) is 18.7 Å². The lowest BCUT2D eigenvalue weighted by atomic mass is 10.2. The van der Waals surface area contributed by atoms with E-state index in [1.165, 1.54) is 7.11 Å². The van der Waals surface area contributed by atoms with Gasteiger partial charge in [-0.25, -0.2) is 13.1 Å². The molecule has 3 N–H and O–H groups in total. The number of sulfonamides is 1. The number of aromatic nitrogens is 1. The molecule has 2 aromatic rings. The topological polar surface area (TPSA) is 127 Å². The van der Waals surface area contributed by atoms with Crippen molar-refractivity contribution in [3.63, 3.8) is 0 Å². The van der Waals surface area contributed by atoms with Crippen LogP contribution >= 0.6 is 0 Å². The zero-order chi connectivity index (χ0) is 19.2. The molecule has 0 aliphatic rings. The molecule has 1 aromatic heterocycles. The molecular formula is C16H21N3O6S. The van der Waals surface area contributed by atoms with E-state index in [1.807, 2.05) is 0 Å². The van der Waals surface area contributed by atoms with Gasteiger partial charge in [-0.3, -0.25) is 9.59 Å². The van der Waals surface area contributed by atoms with Crippen LogP contribution in [-0.4, -0.2) is 56.0 Å². The van der Waals surface area contributed by atoms with Gasteiger partial charge in [0.2, 0.25) is 15.9 Å². The third-order valence-corrected chi connectivity index (χ3v) is 4.98. The molecule has 9 nitrogen and oxygen atoms in total. The molecule has 0 saturated carbocycles. The zero-order valence-corrected chi connectivity index (χ0v) is 15.1. The van der Waals surface area contributed by atoms with Crippen molar-refractivity contribution in [3.05, 3.63) is 30.5 Å². The Morgan fingerprint density at radius 2 is 2.04 bits per heavy atom. The van der Waals surface area contributed by atoms with Gasteiger partial charge < -0.3 is 19.7 Å². The maximum absolute atomic E-state index is 11.9. The number of rotatable bonds is 10. The molecule has 0 unspecified atom stereocenters. The van der Waals surface area contributed by atoms with Crippen LogP contribution in [0.25, 0.3) is 10.9 Å². The smallest absolute Gasteiger partial charge is 0.323 e. The molecule has 0 saturated heterocycles. The quantitative estimate of drug-likeness (QED) is 0.516. The number of hydrogen-bond donors (Lipinski definition) is 3. The van der Waals surface area contributed by atoms with E-state index in [-0.39, 0.29) is 18.8 Å². The van der Waals surface area contributed by atoms with Gasteiger partial charge in [0.25, 0.3) is 0 Å². The van der Waals surface area contributed by atoms with Crippen LogP contribution in [0.1, 0.15) is 6.42 Å². The van der Waals surface area contributed by atoms with Crippen LogP contribution in [0.15, 0.2) is 30.5 Å². The summed E-state index contributed by atoms with van der Waals surface area (Å²) < 4.78 is 32.1. The first-order valence-electron chi connectivity index (χ1n) is 7.87. The van der Waals surface area contributed by atoms with Crippen molar-refractivity contribution >= 4 is 38.5 Å². The average molecular weight is 383 g/mol. The number of hydrogen-bond acceptors (Lipinski definition) is 5. The molecule has 2 rings (SSSR count). The summed E-state index contributed by atoms with van der Waals surface area (Å²) in [5.74, 6) is -1.56. The highest BCUT2D eigenvalue weighted by molar-refractivity contribution is 7.89. The molecule has 1 amide bonds. The predicted molar refractivity (Wildman–Crippen MR) is 96.5 cm³/mol.